The number of ether oxygens (including phenoxy) is 1. The van der Waals surface area contributed by atoms with E-state index in [0.717, 1.165) is 81.9 Å². The number of hydrogen-bond acceptors (Lipinski definition) is 8. The molecule has 3 N–H and O–H groups in total. The molecule has 1 fully saturated rings. The maximum absolute atomic E-state index is 5.94. The van der Waals surface area contributed by atoms with Gasteiger partial charge < -0.3 is 25.2 Å². The predicted octanol–water partition coefficient (Wildman–Crippen LogP) is 2.56. The Morgan fingerprint density at radius 1 is 1.12 bits per heavy atom. The van der Waals surface area contributed by atoms with Crippen LogP contribution in [-0.4, -0.2) is 86.2 Å². The molecule has 0 amide bonds. The molecular formula is C26H43N7O. The van der Waals surface area contributed by atoms with Gasteiger partial charge in [-0.3, -0.25) is 10.3 Å². The molecular weight excluding hydrogens is 426 g/mol. The quantitative estimate of drug-likeness (QED) is 0.407. The highest BCUT2D eigenvalue weighted by Gasteiger charge is 2.32. The molecule has 8 heteroatoms. The molecule has 0 spiro atoms. The van der Waals surface area contributed by atoms with E-state index >= 15 is 0 Å². The van der Waals surface area contributed by atoms with Crippen molar-refractivity contribution in [1.29, 1.82) is 0 Å². The third-order valence-corrected chi connectivity index (χ3v) is 7.10. The number of amidine groups is 1. The highest BCUT2D eigenvalue weighted by molar-refractivity contribution is 6.00. The molecule has 2 heterocycles. The highest BCUT2D eigenvalue weighted by Crippen LogP contribution is 2.29. The van der Waals surface area contributed by atoms with Crippen molar-refractivity contribution in [3.8, 4) is 5.75 Å². The molecule has 0 atom stereocenters. The third-order valence-electron chi connectivity index (χ3n) is 7.10. The lowest BCUT2D eigenvalue weighted by Crippen LogP contribution is -2.53. The Balaban J connectivity index is 1.22. The van der Waals surface area contributed by atoms with Crippen molar-refractivity contribution < 1.29 is 4.74 Å². The standard InChI is InChI=1S/C26H43N7O/c1-4-32(5-2)17-16-27-15-8-18-34-23-13-11-21(12-14-23)25-28-24-19-31(3)20-33(26(24)30-29-25)22-9-6-7-10-22/h11-14,22,27,30H,4-10,15-20H2,1-3H3,(H,28,29). The van der Waals surface area contributed by atoms with Crippen LogP contribution in [0.5, 0.6) is 5.75 Å². The van der Waals surface area contributed by atoms with E-state index in [1.165, 1.54) is 31.4 Å². The summed E-state index contributed by atoms with van der Waals surface area (Å²) in [5.74, 6) is 2.92. The van der Waals surface area contributed by atoms with Crippen molar-refractivity contribution in [3.05, 3.63) is 41.3 Å². The van der Waals surface area contributed by atoms with Gasteiger partial charge in [-0.1, -0.05) is 26.7 Å². The number of hydrazone groups is 1. The van der Waals surface area contributed by atoms with Gasteiger partial charge in [-0.2, -0.15) is 5.10 Å². The second-order valence-electron chi connectivity index (χ2n) is 9.59. The van der Waals surface area contributed by atoms with Crippen LogP contribution in [-0.2, 0) is 0 Å². The first-order valence-corrected chi connectivity index (χ1v) is 13.1. The van der Waals surface area contributed by atoms with Crippen molar-refractivity contribution in [3.63, 3.8) is 0 Å². The van der Waals surface area contributed by atoms with Crippen LogP contribution in [0.2, 0.25) is 0 Å². The van der Waals surface area contributed by atoms with Gasteiger partial charge in [0.15, 0.2) is 5.84 Å². The summed E-state index contributed by atoms with van der Waals surface area (Å²) in [4.78, 5) is 7.29. The average Bonchev–Trinajstić information content (AvgIpc) is 3.40. The second-order valence-corrected chi connectivity index (χ2v) is 9.59. The molecule has 2 aliphatic heterocycles. The summed E-state index contributed by atoms with van der Waals surface area (Å²) in [5, 5.41) is 11.8. The molecule has 0 saturated heterocycles. The van der Waals surface area contributed by atoms with E-state index in [0.29, 0.717) is 6.04 Å². The minimum absolute atomic E-state index is 0.618. The van der Waals surface area contributed by atoms with Crippen LogP contribution in [0.4, 0.5) is 0 Å². The largest absolute Gasteiger partial charge is 0.494 e. The fraction of sp³-hybridized carbons (Fsp3) is 0.654. The summed E-state index contributed by atoms with van der Waals surface area (Å²) in [7, 11) is 2.19. The van der Waals surface area contributed by atoms with Crippen LogP contribution in [0.1, 0.15) is 51.5 Å². The minimum atomic E-state index is 0.618. The number of nitrogens with zero attached hydrogens (tertiary/aromatic N) is 4. The van der Waals surface area contributed by atoms with Crippen LogP contribution in [0.25, 0.3) is 0 Å². The van der Waals surface area contributed by atoms with Crippen LogP contribution >= 0.6 is 0 Å². The molecule has 0 radical (unpaired) electrons. The molecule has 3 aliphatic rings. The van der Waals surface area contributed by atoms with Gasteiger partial charge in [-0.25, -0.2) is 0 Å². The maximum atomic E-state index is 5.94. The molecule has 1 aromatic rings. The van der Waals surface area contributed by atoms with Crippen LogP contribution < -0.4 is 20.8 Å². The average molecular weight is 470 g/mol. The maximum Gasteiger partial charge on any atom is 0.157 e. The van der Waals surface area contributed by atoms with Gasteiger partial charge in [0.1, 0.15) is 11.6 Å². The summed E-state index contributed by atoms with van der Waals surface area (Å²) in [5.41, 5.74) is 5.64. The Morgan fingerprint density at radius 2 is 1.88 bits per heavy atom. The van der Waals surface area contributed by atoms with E-state index in [-0.39, 0.29) is 0 Å². The number of hydrogen-bond donors (Lipinski definition) is 3. The molecule has 188 valence electrons. The molecule has 1 aliphatic carbocycles. The zero-order valence-electron chi connectivity index (χ0n) is 21.3. The lowest BCUT2D eigenvalue weighted by Gasteiger charge is -2.43. The number of nitrogens with one attached hydrogen (secondary N) is 3. The van der Waals surface area contributed by atoms with E-state index in [1.807, 2.05) is 12.1 Å². The van der Waals surface area contributed by atoms with E-state index in [2.05, 4.69) is 68.9 Å². The lowest BCUT2D eigenvalue weighted by atomic mass is 10.1. The van der Waals surface area contributed by atoms with Crippen LogP contribution in [0.3, 0.4) is 0 Å². The Bertz CT molecular complexity index is 828. The SMILES string of the molecule is CCN(CC)CCNCCCOc1ccc(C2=NNC3=C(CN(C)CN3C3CCCC3)N2)cc1. The Kier molecular flexibility index (Phi) is 9.07. The fourth-order valence-corrected chi connectivity index (χ4v) is 5.06. The van der Waals surface area contributed by atoms with E-state index in [4.69, 9.17) is 4.74 Å². The molecule has 4 rings (SSSR count). The molecule has 1 saturated carbocycles. The van der Waals surface area contributed by atoms with Crippen molar-refractivity contribution >= 4 is 5.84 Å². The summed E-state index contributed by atoms with van der Waals surface area (Å²) in [6.07, 6.45) is 6.21. The van der Waals surface area contributed by atoms with Gasteiger partial charge in [0, 0.05) is 31.2 Å². The Hall–Kier alpha value is -2.29. The summed E-state index contributed by atoms with van der Waals surface area (Å²) in [6.45, 7) is 12.4. The topological polar surface area (TPSA) is 67.4 Å². The van der Waals surface area contributed by atoms with Gasteiger partial charge in [-0.15, -0.1) is 0 Å². The minimum Gasteiger partial charge on any atom is -0.494 e. The lowest BCUT2D eigenvalue weighted by molar-refractivity contribution is 0.119. The second kappa shape index (κ2) is 12.4. The zero-order chi connectivity index (χ0) is 23.8. The molecule has 8 nitrogen and oxygen atoms in total. The summed E-state index contributed by atoms with van der Waals surface area (Å²) >= 11 is 0. The normalized spacial score (nSPS) is 19.2. The molecule has 1 aromatic carbocycles. The van der Waals surface area contributed by atoms with E-state index < -0.39 is 0 Å². The van der Waals surface area contributed by atoms with Crippen molar-refractivity contribution in [1.82, 2.24) is 30.8 Å². The summed E-state index contributed by atoms with van der Waals surface area (Å²) in [6, 6.07) is 8.85. The number of benzene rings is 1. The Labute approximate surface area is 205 Å². The predicted molar refractivity (Wildman–Crippen MR) is 139 cm³/mol. The van der Waals surface area contributed by atoms with Gasteiger partial charge >= 0.3 is 0 Å². The first-order valence-electron chi connectivity index (χ1n) is 13.1. The highest BCUT2D eigenvalue weighted by atomic mass is 16.5. The monoisotopic (exact) mass is 469 g/mol. The van der Waals surface area contributed by atoms with Crippen molar-refractivity contribution in [2.45, 2.75) is 52.0 Å². The molecule has 34 heavy (non-hydrogen) atoms. The molecule has 0 unspecified atom stereocenters. The van der Waals surface area contributed by atoms with Gasteiger partial charge in [0.25, 0.3) is 0 Å². The molecule has 0 bridgehead atoms. The van der Waals surface area contributed by atoms with Crippen LogP contribution in [0.15, 0.2) is 40.9 Å². The number of rotatable bonds is 12. The fourth-order valence-electron chi connectivity index (χ4n) is 5.06. The van der Waals surface area contributed by atoms with Gasteiger partial charge in [-0.05, 0) is 70.2 Å². The Morgan fingerprint density at radius 3 is 2.62 bits per heavy atom. The molecule has 0 aromatic heterocycles. The van der Waals surface area contributed by atoms with Crippen molar-refractivity contribution in [2.24, 2.45) is 5.10 Å². The van der Waals surface area contributed by atoms with Gasteiger partial charge in [0.05, 0.1) is 19.0 Å². The smallest absolute Gasteiger partial charge is 0.157 e. The first kappa shape index (κ1) is 24.8. The third kappa shape index (κ3) is 6.43. The van der Waals surface area contributed by atoms with Crippen LogP contribution in [0, 0.1) is 0 Å². The van der Waals surface area contributed by atoms with Gasteiger partial charge in [0.2, 0.25) is 0 Å². The van der Waals surface area contributed by atoms with Crippen molar-refractivity contribution in [2.75, 3.05) is 59.6 Å². The number of likely N-dealkylation sites (N-methyl/N-ethyl adjacent to an activating group) is 2. The van der Waals surface area contributed by atoms with E-state index in [1.54, 1.807) is 0 Å². The first-order chi connectivity index (χ1) is 16.7. The van der Waals surface area contributed by atoms with E-state index in [9.17, 15) is 0 Å². The summed E-state index contributed by atoms with van der Waals surface area (Å²) < 4.78 is 5.94. The zero-order valence-corrected chi connectivity index (χ0v) is 21.3.